The summed E-state index contributed by atoms with van der Waals surface area (Å²) in [4.78, 5) is 29.4. The van der Waals surface area contributed by atoms with Crippen LogP contribution >= 0.6 is 0 Å². The van der Waals surface area contributed by atoms with Crippen LogP contribution in [-0.2, 0) is 24.2 Å². The van der Waals surface area contributed by atoms with E-state index < -0.39 is 0 Å². The molecule has 0 amide bonds. The summed E-state index contributed by atoms with van der Waals surface area (Å²) in [5.41, 5.74) is 3.95. The number of likely N-dealkylation sites (tertiary alicyclic amines) is 1. The van der Waals surface area contributed by atoms with Gasteiger partial charge in [-0.2, -0.15) is 0 Å². The Labute approximate surface area is 265 Å². The van der Waals surface area contributed by atoms with E-state index in [1.807, 2.05) is 59.2 Å². The smallest absolute Gasteiger partial charge is 0.331 e. The Morgan fingerprint density at radius 3 is 1.84 bits per heavy atom. The van der Waals surface area contributed by atoms with Gasteiger partial charge in [-0.25, -0.2) is 4.79 Å². The molecule has 6 rings (SSSR count). The van der Waals surface area contributed by atoms with Gasteiger partial charge in [-0.15, -0.1) is 0 Å². The fraction of sp³-hybridized carbons (Fsp3) is 0.333. The van der Waals surface area contributed by atoms with Gasteiger partial charge in [0.05, 0.1) is 17.0 Å². The fourth-order valence-electron chi connectivity index (χ4n) is 6.54. The number of fused-ring (bicyclic) bond motifs is 1. The van der Waals surface area contributed by atoms with Gasteiger partial charge < -0.3 is 9.64 Å². The molecule has 1 fully saturated rings. The molecule has 0 saturated carbocycles. The molecule has 5 aromatic rings. The molecule has 1 aliphatic rings. The lowest BCUT2D eigenvalue weighted by molar-refractivity contribution is -0.0271. The van der Waals surface area contributed by atoms with E-state index in [-0.39, 0.29) is 23.5 Å². The molecule has 4 aromatic carbocycles. The third-order valence-corrected chi connectivity index (χ3v) is 9.00. The third-order valence-electron chi connectivity index (χ3n) is 9.00. The largest absolute Gasteiger partial charge is 0.365 e. The van der Waals surface area contributed by atoms with Gasteiger partial charge in [-0.05, 0) is 73.9 Å². The van der Waals surface area contributed by atoms with Crippen molar-refractivity contribution in [1.82, 2.24) is 14.0 Å². The summed E-state index contributed by atoms with van der Waals surface area (Å²) in [5, 5.41) is 0.614. The molecular formula is C39H43N3O3. The summed E-state index contributed by atoms with van der Waals surface area (Å²) in [7, 11) is 0. The molecule has 6 heteroatoms. The second-order valence-electron chi connectivity index (χ2n) is 12.1. The zero-order chi connectivity index (χ0) is 30.8. The summed E-state index contributed by atoms with van der Waals surface area (Å²) in [6.45, 7) is 4.04. The third kappa shape index (κ3) is 7.70. The van der Waals surface area contributed by atoms with Crippen LogP contribution in [0.5, 0.6) is 0 Å². The molecule has 232 valence electrons. The summed E-state index contributed by atoms with van der Waals surface area (Å²) in [6.07, 6.45) is 5.64. The van der Waals surface area contributed by atoms with Crippen LogP contribution in [0.15, 0.2) is 125 Å². The molecule has 1 aromatic heterocycles. The molecule has 2 heterocycles. The molecule has 6 nitrogen and oxygen atoms in total. The normalized spacial score (nSPS) is 14.3. The van der Waals surface area contributed by atoms with E-state index >= 15 is 0 Å². The predicted octanol–water partition coefficient (Wildman–Crippen LogP) is 6.85. The van der Waals surface area contributed by atoms with E-state index in [0.717, 1.165) is 63.7 Å². The second-order valence-corrected chi connectivity index (χ2v) is 12.1. The molecule has 0 aliphatic carbocycles. The Hall–Kier alpha value is -4.26. The minimum Gasteiger partial charge on any atom is -0.365 e. The molecule has 1 aliphatic heterocycles. The summed E-state index contributed by atoms with van der Waals surface area (Å²) >= 11 is 0. The van der Waals surface area contributed by atoms with E-state index in [4.69, 9.17) is 4.74 Å². The van der Waals surface area contributed by atoms with Gasteiger partial charge in [0.2, 0.25) is 0 Å². The second kappa shape index (κ2) is 15.2. The maximum absolute atomic E-state index is 13.6. The number of unbranched alkanes of at least 4 members (excludes halogenated alkanes) is 1. The van der Waals surface area contributed by atoms with Gasteiger partial charge in [0.25, 0.3) is 5.56 Å². The van der Waals surface area contributed by atoms with Crippen LogP contribution < -0.4 is 11.2 Å². The van der Waals surface area contributed by atoms with Crippen LogP contribution in [0.1, 0.15) is 54.9 Å². The maximum atomic E-state index is 13.6. The van der Waals surface area contributed by atoms with Crippen LogP contribution in [-0.4, -0.2) is 39.8 Å². The topological polar surface area (TPSA) is 56.5 Å². The van der Waals surface area contributed by atoms with Crippen molar-refractivity contribution < 1.29 is 4.74 Å². The lowest BCUT2D eigenvalue weighted by Gasteiger charge is -2.34. The van der Waals surface area contributed by atoms with Crippen molar-refractivity contribution in [1.29, 1.82) is 0 Å². The van der Waals surface area contributed by atoms with Crippen molar-refractivity contribution >= 4 is 10.9 Å². The monoisotopic (exact) mass is 601 g/mol. The molecule has 0 radical (unpaired) electrons. The Morgan fingerprint density at radius 1 is 0.622 bits per heavy atom. The highest BCUT2D eigenvalue weighted by Gasteiger charge is 2.24. The number of aryl methyl sites for hydroxylation is 2. The number of rotatable bonds is 13. The predicted molar refractivity (Wildman–Crippen MR) is 182 cm³/mol. The first kappa shape index (κ1) is 30.8. The number of piperidine rings is 1. The quantitative estimate of drug-likeness (QED) is 0.139. The summed E-state index contributed by atoms with van der Waals surface area (Å²) in [5.74, 6) is 0. The SMILES string of the molecule is O=c1c2ccccc2n(CCCCN2CCC(OC(c3ccccc3)c3ccccc3)CC2)c(=O)n1CCCc1ccccc1. The molecule has 0 unspecified atom stereocenters. The van der Waals surface area contributed by atoms with Crippen LogP contribution in [0.25, 0.3) is 10.9 Å². The van der Waals surface area contributed by atoms with Crippen molar-refractivity contribution in [3.8, 4) is 0 Å². The number of para-hydroxylation sites is 1. The van der Waals surface area contributed by atoms with E-state index in [1.54, 1.807) is 0 Å². The average Bonchev–Trinajstić information content (AvgIpc) is 3.10. The molecule has 45 heavy (non-hydrogen) atoms. The van der Waals surface area contributed by atoms with Gasteiger partial charge in [0, 0.05) is 26.2 Å². The Kier molecular flexibility index (Phi) is 10.4. The maximum Gasteiger partial charge on any atom is 0.331 e. The zero-order valence-corrected chi connectivity index (χ0v) is 26.0. The minimum absolute atomic E-state index is 0.0568. The Bertz CT molecular complexity index is 1720. The van der Waals surface area contributed by atoms with Gasteiger partial charge >= 0.3 is 5.69 Å². The lowest BCUT2D eigenvalue weighted by atomic mass is 10.00. The molecule has 0 bridgehead atoms. The first-order chi connectivity index (χ1) is 22.2. The molecule has 0 atom stereocenters. The van der Waals surface area contributed by atoms with Crippen molar-refractivity contribution in [2.45, 2.75) is 63.8 Å². The lowest BCUT2D eigenvalue weighted by Crippen LogP contribution is -2.40. The molecular weight excluding hydrogens is 558 g/mol. The Balaban J connectivity index is 1.03. The van der Waals surface area contributed by atoms with Crippen LogP contribution in [0.2, 0.25) is 0 Å². The van der Waals surface area contributed by atoms with E-state index in [9.17, 15) is 9.59 Å². The van der Waals surface area contributed by atoms with Gasteiger partial charge in [-0.3, -0.25) is 13.9 Å². The average molecular weight is 602 g/mol. The Morgan fingerprint density at radius 2 is 1.18 bits per heavy atom. The van der Waals surface area contributed by atoms with Crippen molar-refractivity contribution in [3.63, 3.8) is 0 Å². The van der Waals surface area contributed by atoms with Gasteiger partial charge in [0.15, 0.2) is 0 Å². The zero-order valence-electron chi connectivity index (χ0n) is 26.0. The van der Waals surface area contributed by atoms with E-state index in [2.05, 4.69) is 65.6 Å². The highest BCUT2D eigenvalue weighted by molar-refractivity contribution is 5.77. The van der Waals surface area contributed by atoms with Crippen LogP contribution in [0, 0.1) is 0 Å². The fourth-order valence-corrected chi connectivity index (χ4v) is 6.54. The minimum atomic E-state index is -0.198. The number of hydrogen-bond donors (Lipinski definition) is 0. The standard InChI is InChI=1S/C39H43N3O3/c43-38-35-22-10-11-23-36(35)41(39(44)42(38)28-14-17-31-15-4-1-5-16-31)27-13-12-26-40-29-24-34(25-30-40)45-37(32-18-6-2-7-19-32)33-20-8-3-9-21-33/h1-11,15-16,18-23,34,37H,12-14,17,24-30H2. The highest BCUT2D eigenvalue weighted by Crippen LogP contribution is 2.30. The summed E-state index contributed by atoms with van der Waals surface area (Å²) in [6, 6.07) is 38.8. The van der Waals surface area contributed by atoms with E-state index in [1.165, 1.54) is 21.3 Å². The number of nitrogens with zero attached hydrogens (tertiary/aromatic N) is 3. The van der Waals surface area contributed by atoms with Gasteiger partial charge in [-0.1, -0.05) is 103 Å². The number of ether oxygens (including phenoxy) is 1. The highest BCUT2D eigenvalue weighted by atomic mass is 16.5. The van der Waals surface area contributed by atoms with Crippen molar-refractivity contribution in [2.75, 3.05) is 19.6 Å². The first-order valence-corrected chi connectivity index (χ1v) is 16.4. The molecule has 0 N–H and O–H groups in total. The van der Waals surface area contributed by atoms with E-state index in [0.29, 0.717) is 18.5 Å². The number of hydrogen-bond acceptors (Lipinski definition) is 4. The van der Waals surface area contributed by atoms with Gasteiger partial charge in [0.1, 0.15) is 6.10 Å². The molecule has 0 spiro atoms. The van der Waals surface area contributed by atoms with Crippen LogP contribution in [0.3, 0.4) is 0 Å². The van der Waals surface area contributed by atoms with Crippen LogP contribution in [0.4, 0.5) is 0 Å². The summed E-state index contributed by atoms with van der Waals surface area (Å²) < 4.78 is 9.98. The van der Waals surface area contributed by atoms with Crippen molar-refractivity contribution in [3.05, 3.63) is 153 Å². The first-order valence-electron chi connectivity index (χ1n) is 16.4. The number of aromatic nitrogens is 2. The van der Waals surface area contributed by atoms with Crippen molar-refractivity contribution in [2.24, 2.45) is 0 Å². The molecule has 1 saturated heterocycles. The number of benzene rings is 4.